The Morgan fingerprint density at radius 1 is 0.880 bits per heavy atom. The molecule has 0 aliphatic heterocycles. The molecular formula is C19H18N4O2. The molecule has 0 saturated heterocycles. The summed E-state index contributed by atoms with van der Waals surface area (Å²) in [7, 11) is 0. The normalized spacial score (nSPS) is 10.4. The van der Waals surface area contributed by atoms with E-state index in [1.807, 2.05) is 24.3 Å². The predicted octanol–water partition coefficient (Wildman–Crippen LogP) is 2.18. The molecule has 0 saturated carbocycles. The third-order valence-corrected chi connectivity index (χ3v) is 3.73. The van der Waals surface area contributed by atoms with Gasteiger partial charge in [0, 0.05) is 37.1 Å². The van der Waals surface area contributed by atoms with Crippen LogP contribution in [0.3, 0.4) is 0 Å². The highest BCUT2D eigenvalue weighted by molar-refractivity contribution is 6.05. The number of rotatable bonds is 6. The van der Waals surface area contributed by atoms with Gasteiger partial charge in [-0.3, -0.25) is 19.6 Å². The van der Waals surface area contributed by atoms with Crippen molar-refractivity contribution in [3.05, 3.63) is 72.2 Å². The van der Waals surface area contributed by atoms with Crippen molar-refractivity contribution >= 4 is 22.7 Å². The highest BCUT2D eigenvalue weighted by atomic mass is 16.2. The van der Waals surface area contributed by atoms with Gasteiger partial charge in [0.05, 0.1) is 16.6 Å². The summed E-state index contributed by atoms with van der Waals surface area (Å²) in [4.78, 5) is 32.4. The third kappa shape index (κ3) is 4.17. The van der Waals surface area contributed by atoms with Gasteiger partial charge in [0.2, 0.25) is 0 Å². The van der Waals surface area contributed by atoms with Crippen LogP contribution >= 0.6 is 0 Å². The Morgan fingerprint density at radius 2 is 1.64 bits per heavy atom. The standard InChI is InChI=1S/C19H18N4O2/c24-18(15-7-2-9-20-13-15)22-11-4-12-23-19(25)16-8-1-5-14-6-3-10-21-17(14)16/h1-3,5-10,13H,4,11-12H2,(H,22,24)(H,23,25). The second-order valence-electron chi connectivity index (χ2n) is 5.49. The summed E-state index contributed by atoms with van der Waals surface area (Å²) in [6.45, 7) is 0.942. The summed E-state index contributed by atoms with van der Waals surface area (Å²) in [5.74, 6) is -0.333. The Morgan fingerprint density at radius 3 is 2.44 bits per heavy atom. The maximum absolute atomic E-state index is 12.3. The molecule has 25 heavy (non-hydrogen) atoms. The molecule has 0 spiro atoms. The molecule has 0 aliphatic rings. The Hall–Kier alpha value is -3.28. The van der Waals surface area contributed by atoms with E-state index in [0.717, 1.165) is 5.39 Å². The van der Waals surface area contributed by atoms with Gasteiger partial charge in [-0.15, -0.1) is 0 Å². The Bertz CT molecular complexity index is 875. The molecule has 6 nitrogen and oxygen atoms in total. The summed E-state index contributed by atoms with van der Waals surface area (Å²) in [6, 6.07) is 12.7. The molecule has 6 heteroatoms. The van der Waals surface area contributed by atoms with Gasteiger partial charge in [0.1, 0.15) is 0 Å². The summed E-state index contributed by atoms with van der Waals surface area (Å²) in [5, 5.41) is 6.59. The third-order valence-electron chi connectivity index (χ3n) is 3.73. The van der Waals surface area contributed by atoms with Gasteiger partial charge in [-0.2, -0.15) is 0 Å². The van der Waals surface area contributed by atoms with Crippen LogP contribution in [-0.4, -0.2) is 34.9 Å². The summed E-state index contributed by atoms with van der Waals surface area (Å²) < 4.78 is 0. The fourth-order valence-electron chi connectivity index (χ4n) is 2.47. The number of hydrogen-bond acceptors (Lipinski definition) is 4. The molecule has 0 fully saturated rings. The monoisotopic (exact) mass is 334 g/mol. The van der Waals surface area contributed by atoms with Crippen LogP contribution in [0.4, 0.5) is 0 Å². The lowest BCUT2D eigenvalue weighted by Crippen LogP contribution is -2.30. The van der Waals surface area contributed by atoms with Crippen LogP contribution in [-0.2, 0) is 0 Å². The molecule has 2 N–H and O–H groups in total. The zero-order valence-electron chi connectivity index (χ0n) is 13.6. The Balaban J connectivity index is 1.47. The molecule has 0 atom stereocenters. The van der Waals surface area contributed by atoms with Crippen LogP contribution in [0.25, 0.3) is 10.9 Å². The zero-order chi connectivity index (χ0) is 17.5. The van der Waals surface area contributed by atoms with E-state index in [0.29, 0.717) is 36.2 Å². The number of carbonyl (C=O) groups excluding carboxylic acids is 2. The number of nitrogens with zero attached hydrogens (tertiary/aromatic N) is 2. The first-order valence-electron chi connectivity index (χ1n) is 8.06. The molecule has 1 aromatic carbocycles. The number of amides is 2. The minimum absolute atomic E-state index is 0.164. The minimum Gasteiger partial charge on any atom is -0.352 e. The van der Waals surface area contributed by atoms with Crippen molar-refractivity contribution in [2.75, 3.05) is 13.1 Å². The number of pyridine rings is 2. The van der Waals surface area contributed by atoms with E-state index in [-0.39, 0.29) is 11.8 Å². The van der Waals surface area contributed by atoms with Crippen molar-refractivity contribution in [3.63, 3.8) is 0 Å². The van der Waals surface area contributed by atoms with E-state index in [2.05, 4.69) is 20.6 Å². The molecule has 2 aromatic heterocycles. The van der Waals surface area contributed by atoms with E-state index < -0.39 is 0 Å². The van der Waals surface area contributed by atoms with Crippen molar-refractivity contribution in [1.82, 2.24) is 20.6 Å². The molecular weight excluding hydrogens is 316 g/mol. The van der Waals surface area contributed by atoms with Gasteiger partial charge in [-0.25, -0.2) is 0 Å². The minimum atomic E-state index is -0.169. The Kier molecular flexibility index (Phi) is 5.31. The average molecular weight is 334 g/mol. The van der Waals surface area contributed by atoms with E-state index in [4.69, 9.17) is 0 Å². The zero-order valence-corrected chi connectivity index (χ0v) is 13.6. The summed E-state index contributed by atoms with van der Waals surface area (Å²) in [6.07, 6.45) is 5.45. The number of para-hydroxylation sites is 1. The van der Waals surface area contributed by atoms with Crippen molar-refractivity contribution in [1.29, 1.82) is 0 Å². The molecule has 2 amide bonds. The van der Waals surface area contributed by atoms with Crippen LogP contribution in [0.15, 0.2) is 61.1 Å². The van der Waals surface area contributed by atoms with Gasteiger partial charge >= 0.3 is 0 Å². The molecule has 0 radical (unpaired) electrons. The fourth-order valence-corrected chi connectivity index (χ4v) is 2.47. The van der Waals surface area contributed by atoms with Crippen molar-refractivity contribution < 1.29 is 9.59 Å². The van der Waals surface area contributed by atoms with Crippen LogP contribution in [0.5, 0.6) is 0 Å². The SMILES string of the molecule is O=C(NCCCNC(=O)c1cccc2cccnc12)c1cccnc1. The van der Waals surface area contributed by atoms with E-state index in [9.17, 15) is 9.59 Å². The lowest BCUT2D eigenvalue weighted by atomic mass is 10.1. The quantitative estimate of drug-likeness (QED) is 0.677. The number of aromatic nitrogens is 2. The van der Waals surface area contributed by atoms with Crippen molar-refractivity contribution in [3.8, 4) is 0 Å². The van der Waals surface area contributed by atoms with Crippen LogP contribution in [0, 0.1) is 0 Å². The predicted molar refractivity (Wildman–Crippen MR) is 95.3 cm³/mol. The number of carbonyl (C=O) groups is 2. The second kappa shape index (κ2) is 8.01. The molecule has 126 valence electrons. The van der Waals surface area contributed by atoms with Gasteiger partial charge in [-0.1, -0.05) is 18.2 Å². The second-order valence-corrected chi connectivity index (χ2v) is 5.49. The first kappa shape index (κ1) is 16.6. The maximum atomic E-state index is 12.3. The molecule has 0 bridgehead atoms. The topological polar surface area (TPSA) is 84.0 Å². The van der Waals surface area contributed by atoms with Crippen LogP contribution in [0.2, 0.25) is 0 Å². The first-order valence-corrected chi connectivity index (χ1v) is 8.06. The highest BCUT2D eigenvalue weighted by Gasteiger charge is 2.10. The van der Waals surface area contributed by atoms with E-state index in [1.165, 1.54) is 6.20 Å². The smallest absolute Gasteiger partial charge is 0.253 e. The first-order chi connectivity index (χ1) is 12.3. The summed E-state index contributed by atoms with van der Waals surface area (Å²) >= 11 is 0. The summed E-state index contributed by atoms with van der Waals surface area (Å²) in [5.41, 5.74) is 1.76. The largest absolute Gasteiger partial charge is 0.352 e. The molecule has 0 unspecified atom stereocenters. The van der Waals surface area contributed by atoms with E-state index in [1.54, 1.807) is 30.6 Å². The van der Waals surface area contributed by atoms with E-state index >= 15 is 0 Å². The van der Waals surface area contributed by atoms with Crippen LogP contribution < -0.4 is 10.6 Å². The average Bonchev–Trinajstić information content (AvgIpc) is 2.67. The van der Waals surface area contributed by atoms with Gasteiger partial charge < -0.3 is 10.6 Å². The molecule has 2 heterocycles. The molecule has 3 aromatic rings. The lowest BCUT2D eigenvalue weighted by molar-refractivity contribution is 0.0952. The fraction of sp³-hybridized carbons (Fsp3) is 0.158. The van der Waals surface area contributed by atoms with Crippen LogP contribution in [0.1, 0.15) is 27.1 Å². The number of nitrogens with one attached hydrogen (secondary N) is 2. The van der Waals surface area contributed by atoms with Crippen molar-refractivity contribution in [2.24, 2.45) is 0 Å². The molecule has 3 rings (SSSR count). The number of benzene rings is 1. The number of fused-ring (bicyclic) bond motifs is 1. The lowest BCUT2D eigenvalue weighted by Gasteiger charge is -2.08. The highest BCUT2D eigenvalue weighted by Crippen LogP contribution is 2.15. The van der Waals surface area contributed by atoms with Crippen molar-refractivity contribution in [2.45, 2.75) is 6.42 Å². The van der Waals surface area contributed by atoms with Gasteiger partial charge in [0.15, 0.2) is 0 Å². The van der Waals surface area contributed by atoms with Gasteiger partial charge in [0.25, 0.3) is 11.8 Å². The number of hydrogen-bond donors (Lipinski definition) is 2. The van der Waals surface area contributed by atoms with Gasteiger partial charge in [-0.05, 0) is 30.7 Å². The maximum Gasteiger partial charge on any atom is 0.253 e. The molecule has 0 aliphatic carbocycles. The Labute approximate surface area is 145 Å².